The Morgan fingerprint density at radius 3 is 2.29 bits per heavy atom. The van der Waals surface area contributed by atoms with Crippen LogP contribution in [0.5, 0.6) is 0 Å². The Labute approximate surface area is 112 Å². The smallest absolute Gasteiger partial charge is 0.222 e. The van der Waals surface area contributed by atoms with E-state index in [1.54, 1.807) is 0 Å². The molecular formula is C13H27ClN2O. The lowest BCUT2D eigenvalue weighted by molar-refractivity contribution is -0.133. The number of amides is 1. The molecule has 1 saturated heterocycles. The summed E-state index contributed by atoms with van der Waals surface area (Å²) < 4.78 is 0. The number of piperidine rings is 1. The van der Waals surface area contributed by atoms with Gasteiger partial charge in [-0.05, 0) is 31.1 Å². The third-order valence-corrected chi connectivity index (χ3v) is 3.29. The van der Waals surface area contributed by atoms with E-state index in [9.17, 15) is 4.79 Å². The highest BCUT2D eigenvalue weighted by Gasteiger charge is 2.21. The first kappa shape index (κ1) is 16.7. The molecule has 1 rings (SSSR count). The van der Waals surface area contributed by atoms with Crippen LogP contribution >= 0.6 is 12.4 Å². The lowest BCUT2D eigenvalue weighted by Gasteiger charge is -2.31. The number of hydrogen-bond acceptors (Lipinski definition) is 2. The van der Waals surface area contributed by atoms with Crippen molar-refractivity contribution in [3.63, 3.8) is 0 Å². The molecule has 1 aliphatic rings. The molecule has 0 aromatic carbocycles. The van der Waals surface area contributed by atoms with Gasteiger partial charge in [0, 0.05) is 25.6 Å². The molecule has 4 heteroatoms. The number of halogens is 1. The number of hydrogen-bond donors (Lipinski definition) is 1. The summed E-state index contributed by atoms with van der Waals surface area (Å²) in [4.78, 5) is 14.0. The van der Waals surface area contributed by atoms with Crippen molar-refractivity contribution in [2.75, 3.05) is 13.1 Å². The van der Waals surface area contributed by atoms with Crippen LogP contribution in [0.4, 0.5) is 0 Å². The highest BCUT2D eigenvalue weighted by Crippen LogP contribution is 2.17. The zero-order chi connectivity index (χ0) is 12.1. The number of rotatable bonds is 4. The molecule has 3 nitrogen and oxygen atoms in total. The fourth-order valence-corrected chi connectivity index (χ4v) is 2.46. The molecule has 0 saturated carbocycles. The SMILES string of the molecule is CC(C)CC(C)CC(=O)N1CCC(N)CC1.Cl. The van der Waals surface area contributed by atoms with Crippen molar-refractivity contribution in [3.8, 4) is 0 Å². The van der Waals surface area contributed by atoms with E-state index in [0.717, 1.165) is 32.4 Å². The summed E-state index contributed by atoms with van der Waals surface area (Å²) >= 11 is 0. The second-order valence-corrected chi connectivity index (χ2v) is 5.66. The lowest BCUT2D eigenvalue weighted by atomic mass is 9.95. The van der Waals surface area contributed by atoms with E-state index in [1.807, 2.05) is 4.90 Å². The third-order valence-electron chi connectivity index (χ3n) is 3.29. The minimum atomic E-state index is 0. The molecule has 1 unspecified atom stereocenters. The average Bonchev–Trinajstić information content (AvgIpc) is 2.16. The maximum Gasteiger partial charge on any atom is 0.222 e. The highest BCUT2D eigenvalue weighted by atomic mass is 35.5. The molecule has 0 aromatic rings. The van der Waals surface area contributed by atoms with Crippen molar-refractivity contribution in [2.24, 2.45) is 17.6 Å². The zero-order valence-electron chi connectivity index (χ0n) is 11.3. The minimum Gasteiger partial charge on any atom is -0.343 e. The van der Waals surface area contributed by atoms with Gasteiger partial charge in [0.25, 0.3) is 0 Å². The summed E-state index contributed by atoms with van der Waals surface area (Å²) in [6, 6.07) is 0.303. The predicted molar refractivity (Wildman–Crippen MR) is 74.3 cm³/mol. The maximum atomic E-state index is 12.0. The highest BCUT2D eigenvalue weighted by molar-refractivity contribution is 5.85. The summed E-state index contributed by atoms with van der Waals surface area (Å²) in [7, 11) is 0. The average molecular weight is 263 g/mol. The summed E-state index contributed by atoms with van der Waals surface area (Å²) in [5.74, 6) is 1.50. The van der Waals surface area contributed by atoms with Crippen LogP contribution in [-0.2, 0) is 4.79 Å². The minimum absolute atomic E-state index is 0. The molecule has 1 heterocycles. The Morgan fingerprint density at radius 1 is 1.29 bits per heavy atom. The van der Waals surface area contributed by atoms with Crippen LogP contribution in [0, 0.1) is 11.8 Å². The van der Waals surface area contributed by atoms with Gasteiger partial charge in [0.05, 0.1) is 0 Å². The number of carbonyl (C=O) groups excluding carboxylic acids is 1. The standard InChI is InChI=1S/C13H26N2O.ClH/c1-10(2)8-11(3)9-13(16)15-6-4-12(14)5-7-15;/h10-12H,4-9,14H2,1-3H3;1H. The quantitative estimate of drug-likeness (QED) is 0.846. The van der Waals surface area contributed by atoms with Crippen LogP contribution in [0.3, 0.4) is 0 Å². The van der Waals surface area contributed by atoms with Crippen molar-refractivity contribution >= 4 is 18.3 Å². The van der Waals surface area contributed by atoms with E-state index in [0.29, 0.717) is 30.2 Å². The first-order valence-corrected chi connectivity index (χ1v) is 6.52. The van der Waals surface area contributed by atoms with Gasteiger partial charge in [-0.25, -0.2) is 0 Å². The van der Waals surface area contributed by atoms with Gasteiger partial charge >= 0.3 is 0 Å². The first-order chi connectivity index (χ1) is 7.49. The summed E-state index contributed by atoms with van der Waals surface area (Å²) in [6.07, 6.45) is 3.76. The second-order valence-electron chi connectivity index (χ2n) is 5.66. The molecule has 0 aliphatic carbocycles. The molecule has 0 bridgehead atoms. The topological polar surface area (TPSA) is 46.3 Å². The molecule has 17 heavy (non-hydrogen) atoms. The third kappa shape index (κ3) is 6.27. The van der Waals surface area contributed by atoms with Crippen LogP contribution in [-0.4, -0.2) is 29.9 Å². The van der Waals surface area contributed by atoms with Crippen LogP contribution in [0.2, 0.25) is 0 Å². The number of likely N-dealkylation sites (tertiary alicyclic amines) is 1. The van der Waals surface area contributed by atoms with Crippen molar-refractivity contribution in [1.29, 1.82) is 0 Å². The second kappa shape index (κ2) is 7.93. The van der Waals surface area contributed by atoms with Gasteiger partial charge in [-0.2, -0.15) is 0 Å². The Kier molecular flexibility index (Phi) is 7.80. The predicted octanol–water partition coefficient (Wildman–Crippen LogP) is 2.43. The van der Waals surface area contributed by atoms with Gasteiger partial charge < -0.3 is 10.6 Å². The summed E-state index contributed by atoms with van der Waals surface area (Å²) in [6.45, 7) is 8.30. The molecule has 0 aromatic heterocycles. The van der Waals surface area contributed by atoms with Crippen molar-refractivity contribution in [2.45, 2.75) is 52.5 Å². The van der Waals surface area contributed by atoms with Gasteiger partial charge in [0.1, 0.15) is 0 Å². The number of nitrogens with zero attached hydrogens (tertiary/aromatic N) is 1. The van der Waals surface area contributed by atoms with Crippen LogP contribution in [0.1, 0.15) is 46.5 Å². The number of carbonyl (C=O) groups is 1. The van der Waals surface area contributed by atoms with E-state index in [2.05, 4.69) is 20.8 Å². The number of nitrogens with two attached hydrogens (primary N) is 1. The first-order valence-electron chi connectivity index (χ1n) is 6.52. The Balaban J connectivity index is 0.00000256. The molecule has 0 radical (unpaired) electrons. The van der Waals surface area contributed by atoms with E-state index < -0.39 is 0 Å². The fourth-order valence-electron chi connectivity index (χ4n) is 2.46. The Hall–Kier alpha value is -0.280. The van der Waals surface area contributed by atoms with Crippen LogP contribution < -0.4 is 5.73 Å². The van der Waals surface area contributed by atoms with Crippen molar-refractivity contribution in [3.05, 3.63) is 0 Å². The van der Waals surface area contributed by atoms with Crippen LogP contribution in [0.25, 0.3) is 0 Å². The van der Waals surface area contributed by atoms with E-state index in [1.165, 1.54) is 0 Å². The molecule has 1 amide bonds. The van der Waals surface area contributed by atoms with Crippen molar-refractivity contribution < 1.29 is 4.79 Å². The van der Waals surface area contributed by atoms with E-state index >= 15 is 0 Å². The monoisotopic (exact) mass is 262 g/mol. The molecule has 102 valence electrons. The largest absolute Gasteiger partial charge is 0.343 e. The molecular weight excluding hydrogens is 236 g/mol. The Bertz CT molecular complexity index is 225. The normalized spacial score (nSPS) is 19.0. The van der Waals surface area contributed by atoms with Gasteiger partial charge in [-0.3, -0.25) is 4.79 Å². The molecule has 2 N–H and O–H groups in total. The fraction of sp³-hybridized carbons (Fsp3) is 0.923. The molecule has 1 aliphatic heterocycles. The van der Waals surface area contributed by atoms with Gasteiger partial charge in [0.15, 0.2) is 0 Å². The molecule has 1 fully saturated rings. The van der Waals surface area contributed by atoms with Crippen molar-refractivity contribution in [1.82, 2.24) is 4.90 Å². The van der Waals surface area contributed by atoms with Crippen LogP contribution in [0.15, 0.2) is 0 Å². The lowest BCUT2D eigenvalue weighted by Crippen LogP contribution is -2.43. The Morgan fingerprint density at radius 2 is 1.82 bits per heavy atom. The van der Waals surface area contributed by atoms with E-state index in [-0.39, 0.29) is 12.4 Å². The van der Waals surface area contributed by atoms with E-state index in [4.69, 9.17) is 5.73 Å². The molecule has 1 atom stereocenters. The molecule has 0 spiro atoms. The summed E-state index contributed by atoms with van der Waals surface area (Å²) in [5, 5.41) is 0. The zero-order valence-corrected chi connectivity index (χ0v) is 12.1. The van der Waals surface area contributed by atoms with Gasteiger partial charge in [0.2, 0.25) is 5.91 Å². The van der Waals surface area contributed by atoms with Gasteiger partial charge in [-0.1, -0.05) is 20.8 Å². The maximum absolute atomic E-state index is 12.0. The van der Waals surface area contributed by atoms with Gasteiger partial charge in [-0.15, -0.1) is 12.4 Å². The summed E-state index contributed by atoms with van der Waals surface area (Å²) in [5.41, 5.74) is 5.83.